The van der Waals surface area contributed by atoms with Crippen LogP contribution in [0.1, 0.15) is 41.0 Å². The van der Waals surface area contributed by atoms with Crippen molar-refractivity contribution in [2.45, 2.75) is 27.2 Å². The third-order valence-electron chi connectivity index (χ3n) is 3.93. The van der Waals surface area contributed by atoms with Gasteiger partial charge in [0.05, 0.1) is 5.56 Å². The van der Waals surface area contributed by atoms with Crippen LogP contribution in [0.25, 0.3) is 0 Å². The summed E-state index contributed by atoms with van der Waals surface area (Å²) in [6.45, 7) is 6.26. The monoisotopic (exact) mass is 346 g/mol. The summed E-state index contributed by atoms with van der Waals surface area (Å²) in [7, 11) is 0. The molecule has 5 nitrogen and oxygen atoms in total. The molecule has 26 heavy (non-hydrogen) atoms. The number of nitrogens with zero attached hydrogens (tertiary/aromatic N) is 3. The van der Waals surface area contributed by atoms with Crippen LogP contribution in [0.4, 0.5) is 11.6 Å². The first-order chi connectivity index (χ1) is 12.5. The zero-order chi connectivity index (χ0) is 18.5. The van der Waals surface area contributed by atoms with Crippen LogP contribution in [0.15, 0.2) is 55.0 Å². The topological polar surface area (TPSA) is 67.8 Å². The van der Waals surface area contributed by atoms with Gasteiger partial charge in [-0.1, -0.05) is 26.0 Å². The summed E-state index contributed by atoms with van der Waals surface area (Å²) in [6, 6.07) is 11.7. The van der Waals surface area contributed by atoms with Crippen LogP contribution in [-0.2, 0) is 6.42 Å². The number of carbonyl (C=O) groups is 1. The zero-order valence-electron chi connectivity index (χ0n) is 15.2. The fourth-order valence-corrected chi connectivity index (χ4v) is 2.69. The highest BCUT2D eigenvalue weighted by Gasteiger charge is 2.11. The molecule has 0 aliphatic rings. The number of anilines is 2. The van der Waals surface area contributed by atoms with Gasteiger partial charge in [-0.25, -0.2) is 9.97 Å². The van der Waals surface area contributed by atoms with Gasteiger partial charge < -0.3 is 5.32 Å². The molecule has 0 aliphatic carbocycles. The van der Waals surface area contributed by atoms with Crippen LogP contribution >= 0.6 is 0 Å². The molecule has 132 valence electrons. The Labute approximate surface area is 153 Å². The summed E-state index contributed by atoms with van der Waals surface area (Å²) in [5.41, 5.74) is 4.06. The molecule has 1 aromatic carbocycles. The molecule has 0 atom stereocenters. The van der Waals surface area contributed by atoms with Crippen molar-refractivity contribution in [1.82, 2.24) is 15.0 Å². The molecule has 2 aromatic heterocycles. The molecule has 0 unspecified atom stereocenters. The molecule has 0 saturated carbocycles. The Hall–Kier alpha value is -3.08. The summed E-state index contributed by atoms with van der Waals surface area (Å²) in [5, 5.41) is 3.16. The lowest BCUT2D eigenvalue weighted by molar-refractivity contribution is 0.103. The number of pyridine rings is 1. The molecule has 0 spiro atoms. The quantitative estimate of drug-likeness (QED) is 0.672. The lowest BCUT2D eigenvalue weighted by atomic mass is 10.0. The highest BCUT2D eigenvalue weighted by atomic mass is 16.1. The minimum absolute atomic E-state index is 0.111. The first kappa shape index (κ1) is 17.7. The second kappa shape index (κ2) is 7.87. The Morgan fingerprint density at radius 3 is 2.31 bits per heavy atom. The minimum atomic E-state index is -0.111. The first-order valence-electron chi connectivity index (χ1n) is 8.66. The Morgan fingerprint density at radius 2 is 1.69 bits per heavy atom. The van der Waals surface area contributed by atoms with Crippen LogP contribution in [0.2, 0.25) is 0 Å². The number of hydrogen-bond acceptors (Lipinski definition) is 5. The average molecular weight is 346 g/mol. The lowest BCUT2D eigenvalue weighted by Crippen LogP contribution is -2.05. The van der Waals surface area contributed by atoms with E-state index < -0.39 is 0 Å². The van der Waals surface area contributed by atoms with E-state index in [1.54, 1.807) is 30.7 Å². The number of aryl methyl sites for hydroxylation is 1. The van der Waals surface area contributed by atoms with Gasteiger partial charge in [-0.15, -0.1) is 0 Å². The molecule has 5 heteroatoms. The lowest BCUT2D eigenvalue weighted by Gasteiger charge is -2.08. The number of ketones is 1. The van der Waals surface area contributed by atoms with Gasteiger partial charge in [0.15, 0.2) is 5.78 Å². The minimum Gasteiger partial charge on any atom is -0.324 e. The smallest absolute Gasteiger partial charge is 0.227 e. The zero-order valence-corrected chi connectivity index (χ0v) is 15.2. The van der Waals surface area contributed by atoms with Crippen molar-refractivity contribution in [2.75, 3.05) is 5.32 Å². The summed E-state index contributed by atoms with van der Waals surface area (Å²) in [5.74, 6) is 0.982. The van der Waals surface area contributed by atoms with Crippen molar-refractivity contribution in [3.05, 3.63) is 77.4 Å². The van der Waals surface area contributed by atoms with Gasteiger partial charge in [-0.2, -0.15) is 0 Å². The summed E-state index contributed by atoms with van der Waals surface area (Å²) in [6.07, 6.45) is 5.77. The predicted molar refractivity (Wildman–Crippen MR) is 103 cm³/mol. The second-order valence-corrected chi connectivity index (χ2v) is 6.73. The highest BCUT2D eigenvalue weighted by Crippen LogP contribution is 2.16. The largest absolute Gasteiger partial charge is 0.324 e. The van der Waals surface area contributed by atoms with Crippen LogP contribution in [0, 0.1) is 12.8 Å². The van der Waals surface area contributed by atoms with Crippen LogP contribution < -0.4 is 5.32 Å². The van der Waals surface area contributed by atoms with Gasteiger partial charge in [0.1, 0.15) is 0 Å². The van der Waals surface area contributed by atoms with Gasteiger partial charge in [-0.05, 0) is 49.1 Å². The Kier molecular flexibility index (Phi) is 5.37. The Bertz CT molecular complexity index is 887. The van der Waals surface area contributed by atoms with E-state index in [1.807, 2.05) is 19.1 Å². The van der Waals surface area contributed by atoms with Crippen molar-refractivity contribution in [1.29, 1.82) is 0 Å². The Morgan fingerprint density at radius 1 is 1.00 bits per heavy atom. The van der Waals surface area contributed by atoms with E-state index in [0.29, 0.717) is 23.0 Å². The van der Waals surface area contributed by atoms with Crippen molar-refractivity contribution < 1.29 is 4.79 Å². The van der Waals surface area contributed by atoms with Crippen molar-refractivity contribution in [3.8, 4) is 0 Å². The SMILES string of the molecule is Cc1cc(C(=O)c2cnc(Nc3ccc(CC(C)C)cc3)nc2)ccn1. The van der Waals surface area contributed by atoms with Crippen LogP contribution in [0.3, 0.4) is 0 Å². The van der Waals surface area contributed by atoms with Gasteiger partial charge in [0.2, 0.25) is 5.95 Å². The Balaban J connectivity index is 1.68. The molecule has 1 N–H and O–H groups in total. The van der Waals surface area contributed by atoms with Crippen molar-refractivity contribution in [3.63, 3.8) is 0 Å². The maximum atomic E-state index is 12.5. The van der Waals surface area contributed by atoms with Gasteiger partial charge in [0, 0.05) is 35.5 Å². The maximum absolute atomic E-state index is 12.5. The third-order valence-corrected chi connectivity index (χ3v) is 3.93. The maximum Gasteiger partial charge on any atom is 0.227 e. The van der Waals surface area contributed by atoms with E-state index >= 15 is 0 Å². The third kappa shape index (κ3) is 4.51. The molecular formula is C21H22N4O. The van der Waals surface area contributed by atoms with E-state index in [2.05, 4.69) is 46.2 Å². The number of hydrogen-bond donors (Lipinski definition) is 1. The van der Waals surface area contributed by atoms with Gasteiger partial charge in [-0.3, -0.25) is 9.78 Å². The van der Waals surface area contributed by atoms with Crippen LogP contribution in [0.5, 0.6) is 0 Å². The number of benzene rings is 1. The second-order valence-electron chi connectivity index (χ2n) is 6.73. The number of rotatable bonds is 6. The fraction of sp³-hybridized carbons (Fsp3) is 0.238. The molecule has 2 heterocycles. The molecule has 0 fully saturated rings. The average Bonchev–Trinajstić information content (AvgIpc) is 2.63. The molecule has 0 amide bonds. The molecule has 3 aromatic rings. The molecule has 0 aliphatic heterocycles. The molecule has 0 saturated heterocycles. The van der Waals surface area contributed by atoms with Crippen molar-refractivity contribution >= 4 is 17.4 Å². The highest BCUT2D eigenvalue weighted by molar-refractivity contribution is 6.08. The molecule has 0 radical (unpaired) electrons. The predicted octanol–water partition coefficient (Wildman–Crippen LogP) is 4.35. The van der Waals surface area contributed by atoms with Crippen molar-refractivity contribution in [2.24, 2.45) is 5.92 Å². The van der Waals surface area contributed by atoms with E-state index in [-0.39, 0.29) is 5.78 Å². The molecule has 0 bridgehead atoms. The number of nitrogens with one attached hydrogen (secondary N) is 1. The van der Waals surface area contributed by atoms with Gasteiger partial charge in [0.25, 0.3) is 0 Å². The van der Waals surface area contributed by atoms with E-state index in [1.165, 1.54) is 5.56 Å². The summed E-state index contributed by atoms with van der Waals surface area (Å²) in [4.78, 5) is 25.1. The van der Waals surface area contributed by atoms with E-state index in [4.69, 9.17) is 0 Å². The summed E-state index contributed by atoms with van der Waals surface area (Å²) < 4.78 is 0. The summed E-state index contributed by atoms with van der Waals surface area (Å²) >= 11 is 0. The standard InChI is InChI=1S/C21H22N4O/c1-14(2)10-16-4-6-19(7-5-16)25-21-23-12-18(13-24-21)20(26)17-8-9-22-15(3)11-17/h4-9,11-14H,10H2,1-3H3,(H,23,24,25). The number of aromatic nitrogens is 3. The molecular weight excluding hydrogens is 324 g/mol. The van der Waals surface area contributed by atoms with Crippen LogP contribution in [-0.4, -0.2) is 20.7 Å². The van der Waals surface area contributed by atoms with E-state index in [9.17, 15) is 4.79 Å². The van der Waals surface area contributed by atoms with E-state index in [0.717, 1.165) is 17.8 Å². The number of carbonyl (C=O) groups excluding carboxylic acids is 1. The molecule has 3 rings (SSSR count). The fourth-order valence-electron chi connectivity index (χ4n) is 2.69. The normalized spacial score (nSPS) is 10.8. The van der Waals surface area contributed by atoms with Gasteiger partial charge >= 0.3 is 0 Å². The first-order valence-corrected chi connectivity index (χ1v) is 8.66.